The molecule has 8 heterocycles. The third-order valence-corrected chi connectivity index (χ3v) is 15.2. The topological polar surface area (TPSA) is 245 Å². The summed E-state index contributed by atoms with van der Waals surface area (Å²) in [5, 5.41) is 36.8. The van der Waals surface area contributed by atoms with Gasteiger partial charge in [-0.25, -0.2) is 15.0 Å². The smallest absolute Gasteiger partial charge is 0.255 e. The number of aliphatic hydroxyl groups excluding tert-OH is 1. The van der Waals surface area contributed by atoms with E-state index in [1.54, 1.807) is 36.7 Å². The number of nitrogens with one attached hydrogen (secondary N) is 1. The van der Waals surface area contributed by atoms with Gasteiger partial charge in [0, 0.05) is 98.6 Å². The second-order valence-electron chi connectivity index (χ2n) is 20.8. The molecule has 3 aliphatic heterocycles. The van der Waals surface area contributed by atoms with Gasteiger partial charge in [0.1, 0.15) is 47.2 Å². The highest BCUT2D eigenvalue weighted by atomic mass is 16.5. The fourth-order valence-corrected chi connectivity index (χ4v) is 11.1. The van der Waals surface area contributed by atoms with Crippen LogP contribution in [0.4, 0.5) is 17.2 Å². The standard InChI is InChI=1S/C58H62N12O8/c1-34(2)55(58(74)69-33-43(71)25-50(69)57(73)63-35(3)37-11-14-39(15-12-37)68-22-21-60-36(68)4)52-29-54(66-78-52)75-23-7-8-38-13-18-44(30-62-38)76-45-26-46(27-45)77-53-24-40(19-20-61-53)70-41-16-17-42(70)32-67(31-41)49-28-48(64-65-56(49)59)47-9-5-6-10-51(47)72/h5-6,9-15,18-22,24,28-30,34-35,41-43,45-46,50,55,71-72H,16-17,23,25-27,31-33H2,1-4H3,(H2,59,65)(H,63,73)/t35-,41+,42?,43+,45?,46?,50-,55+/m0/s1. The number of β-amino-alcohol motifs (C(OH)–C–C–N with tert-alkyl or cyclic N) is 1. The zero-order chi connectivity index (χ0) is 54.0. The van der Waals surface area contributed by atoms with E-state index in [9.17, 15) is 19.8 Å². The Morgan fingerprint density at radius 3 is 2.37 bits per heavy atom. The number of nitrogen functional groups attached to an aromatic ring is 1. The summed E-state index contributed by atoms with van der Waals surface area (Å²) in [6, 6.07) is 25.4. The highest BCUT2D eigenvalue weighted by Crippen LogP contribution is 2.41. The number of piperazine rings is 1. The molecule has 11 rings (SSSR count). The molecule has 1 unspecified atom stereocenters. The van der Waals surface area contributed by atoms with Crippen molar-refractivity contribution < 1.29 is 38.5 Å². The number of pyridine rings is 2. The van der Waals surface area contributed by atoms with Crippen molar-refractivity contribution >= 4 is 29.0 Å². The number of hydrogen-bond donors (Lipinski definition) is 4. The lowest BCUT2D eigenvalue weighted by Gasteiger charge is -2.43. The highest BCUT2D eigenvalue weighted by Gasteiger charge is 2.44. The van der Waals surface area contributed by atoms with E-state index in [0.29, 0.717) is 47.2 Å². The number of hydrogen-bond acceptors (Lipinski definition) is 17. The van der Waals surface area contributed by atoms with Gasteiger partial charge in [0.25, 0.3) is 5.88 Å². The first-order chi connectivity index (χ1) is 37.8. The van der Waals surface area contributed by atoms with Crippen molar-refractivity contribution in [3.05, 3.63) is 133 Å². The normalized spacial score (nSPS) is 21.3. The first kappa shape index (κ1) is 51.4. The predicted molar refractivity (Wildman–Crippen MR) is 289 cm³/mol. The maximum Gasteiger partial charge on any atom is 0.255 e. The van der Waals surface area contributed by atoms with Crippen LogP contribution in [0, 0.1) is 24.7 Å². The lowest BCUT2D eigenvalue weighted by atomic mass is 9.91. The lowest BCUT2D eigenvalue weighted by Crippen LogP contribution is -2.54. The van der Waals surface area contributed by atoms with E-state index >= 15 is 0 Å². The summed E-state index contributed by atoms with van der Waals surface area (Å²) in [5.41, 5.74) is 11.9. The van der Waals surface area contributed by atoms with E-state index in [1.807, 2.05) is 105 Å². The number of aromatic hydroxyl groups is 1. The fourth-order valence-electron chi connectivity index (χ4n) is 11.1. The summed E-state index contributed by atoms with van der Waals surface area (Å²) in [4.78, 5) is 47.4. The van der Waals surface area contributed by atoms with Gasteiger partial charge >= 0.3 is 0 Å². The average molecular weight is 1060 g/mol. The van der Waals surface area contributed by atoms with Crippen molar-refractivity contribution in [2.75, 3.05) is 41.8 Å². The molecule has 2 bridgehead atoms. The molecule has 3 saturated heterocycles. The number of phenols is 1. The maximum absolute atomic E-state index is 14.2. The molecular formula is C58H62N12O8. The minimum atomic E-state index is -0.866. The number of benzene rings is 2. The van der Waals surface area contributed by atoms with Crippen molar-refractivity contribution in [3.63, 3.8) is 0 Å². The van der Waals surface area contributed by atoms with Crippen molar-refractivity contribution in [2.24, 2.45) is 5.92 Å². The molecular weight excluding hydrogens is 993 g/mol. The van der Waals surface area contributed by atoms with Crippen molar-refractivity contribution in [2.45, 2.75) is 108 Å². The van der Waals surface area contributed by atoms with Crippen LogP contribution in [-0.2, 0) is 9.59 Å². The molecule has 4 aliphatic rings. The Labute approximate surface area is 451 Å². The summed E-state index contributed by atoms with van der Waals surface area (Å²) in [7, 11) is 0. The Morgan fingerprint density at radius 1 is 0.859 bits per heavy atom. The lowest BCUT2D eigenvalue weighted by molar-refractivity contribution is -0.141. The summed E-state index contributed by atoms with van der Waals surface area (Å²) in [5.74, 6) is 7.30. The fraction of sp³-hybridized carbons (Fsp3) is 0.379. The van der Waals surface area contributed by atoms with Gasteiger partial charge in [-0.3, -0.25) is 9.59 Å². The number of para-hydroxylation sites is 1. The van der Waals surface area contributed by atoms with Crippen LogP contribution in [0.2, 0.25) is 0 Å². The summed E-state index contributed by atoms with van der Waals surface area (Å²) < 4.78 is 26.0. The Morgan fingerprint density at radius 2 is 1.64 bits per heavy atom. The van der Waals surface area contributed by atoms with E-state index in [-0.39, 0.29) is 85.0 Å². The monoisotopic (exact) mass is 1050 g/mol. The number of nitrogens with zero attached hydrogens (tertiary/aromatic N) is 10. The molecule has 20 nitrogen and oxygen atoms in total. The summed E-state index contributed by atoms with van der Waals surface area (Å²) in [6.07, 6.45) is 9.80. The van der Waals surface area contributed by atoms with Crippen molar-refractivity contribution in [1.29, 1.82) is 0 Å². The number of fused-ring (bicyclic) bond motifs is 2. The minimum Gasteiger partial charge on any atom is -0.507 e. The highest BCUT2D eigenvalue weighted by molar-refractivity contribution is 5.91. The van der Waals surface area contributed by atoms with Gasteiger partial charge in [0.2, 0.25) is 17.7 Å². The van der Waals surface area contributed by atoms with Crippen LogP contribution in [0.25, 0.3) is 16.9 Å². The van der Waals surface area contributed by atoms with Gasteiger partial charge in [-0.2, -0.15) is 0 Å². The van der Waals surface area contributed by atoms with Gasteiger partial charge in [0.05, 0.1) is 29.7 Å². The molecule has 1 aliphatic carbocycles. The minimum absolute atomic E-state index is 0.0146. The molecule has 5 N–H and O–H groups in total. The third kappa shape index (κ3) is 11.0. The Balaban J connectivity index is 0.627. The number of amides is 2. The molecule has 5 aromatic heterocycles. The number of nitrogens with two attached hydrogens (primary N) is 1. The van der Waals surface area contributed by atoms with Crippen LogP contribution >= 0.6 is 0 Å². The molecule has 7 aromatic rings. The van der Waals surface area contributed by atoms with Crippen LogP contribution in [0.1, 0.15) is 87.7 Å². The van der Waals surface area contributed by atoms with E-state index in [4.69, 9.17) is 24.5 Å². The molecule has 2 aromatic carbocycles. The summed E-state index contributed by atoms with van der Waals surface area (Å²) >= 11 is 0. The van der Waals surface area contributed by atoms with Gasteiger partial charge < -0.3 is 59.3 Å². The quantitative estimate of drug-likeness (QED) is 0.0749. The van der Waals surface area contributed by atoms with E-state index < -0.39 is 18.1 Å². The SMILES string of the molecule is Cc1nccn1-c1ccc([C@H](C)NC(=O)[C@@H]2C[C@@H](O)CN2C(=O)[C@@H](c2cc(OCC#Cc3ccc(OC4CC(Oc5cc(N6C7CC[C@@H]6CN(c6cc(-c8ccccc8O)nnc6N)C7)ccn5)C4)cn3)no2)C(C)C)cc1. The van der Waals surface area contributed by atoms with Gasteiger partial charge in [-0.05, 0) is 97.8 Å². The average Bonchev–Trinajstić information content (AvgIpc) is 4.28. The van der Waals surface area contributed by atoms with Crippen LogP contribution in [0.15, 0.2) is 114 Å². The first-order valence-corrected chi connectivity index (χ1v) is 26.5. The van der Waals surface area contributed by atoms with Crippen LogP contribution in [0.5, 0.6) is 23.3 Å². The predicted octanol–water partition coefficient (Wildman–Crippen LogP) is 6.56. The number of ether oxygens (including phenoxy) is 3. The number of imidazole rings is 1. The molecule has 78 heavy (non-hydrogen) atoms. The zero-order valence-corrected chi connectivity index (χ0v) is 43.8. The number of aromatic nitrogens is 7. The molecule has 4 fully saturated rings. The van der Waals surface area contributed by atoms with E-state index in [2.05, 4.69) is 57.3 Å². The Bertz CT molecular complexity index is 3320. The Kier molecular flexibility index (Phi) is 14.6. The van der Waals surface area contributed by atoms with Gasteiger partial charge in [-0.15, -0.1) is 10.2 Å². The molecule has 6 atom stereocenters. The largest absolute Gasteiger partial charge is 0.507 e. The second-order valence-corrected chi connectivity index (χ2v) is 20.8. The summed E-state index contributed by atoms with van der Waals surface area (Å²) in [6.45, 7) is 9.14. The number of phenolic OH excluding ortho intramolecular Hbond substituents is 1. The van der Waals surface area contributed by atoms with Crippen molar-refractivity contribution in [3.8, 4) is 52.0 Å². The second kappa shape index (κ2) is 22.1. The Hall–Kier alpha value is -8.70. The number of anilines is 3. The third-order valence-electron chi connectivity index (χ3n) is 15.2. The number of rotatable bonds is 16. The molecule has 1 saturated carbocycles. The molecule has 402 valence electrons. The molecule has 0 radical (unpaired) electrons. The number of aryl methyl sites for hydroxylation is 1. The number of carbonyl (C=O) groups is 2. The zero-order valence-electron chi connectivity index (χ0n) is 43.8. The van der Waals surface area contributed by atoms with Gasteiger partial charge in [0.15, 0.2) is 18.2 Å². The number of aliphatic hydroxyl groups is 1. The molecule has 0 spiro atoms. The van der Waals surface area contributed by atoms with Crippen LogP contribution < -0.4 is 35.1 Å². The number of likely N-dealkylation sites (tertiary alicyclic amines) is 1. The molecule has 2 amide bonds. The number of carbonyl (C=O) groups excluding carboxylic acids is 2. The molecule has 20 heteroatoms. The van der Waals surface area contributed by atoms with E-state index in [1.165, 1.54) is 4.90 Å². The first-order valence-electron chi connectivity index (χ1n) is 26.5. The van der Waals surface area contributed by atoms with Gasteiger partial charge in [-0.1, -0.05) is 44.0 Å². The van der Waals surface area contributed by atoms with E-state index in [0.717, 1.165) is 54.4 Å². The maximum atomic E-state index is 14.2. The van der Waals surface area contributed by atoms with Crippen LogP contribution in [-0.4, -0.2) is 124 Å². The van der Waals surface area contributed by atoms with Crippen LogP contribution in [0.3, 0.4) is 0 Å². The van der Waals surface area contributed by atoms with Crippen molar-refractivity contribution in [1.82, 2.24) is 45.1 Å².